The summed E-state index contributed by atoms with van der Waals surface area (Å²) in [7, 11) is 0. The summed E-state index contributed by atoms with van der Waals surface area (Å²) in [6, 6.07) is 44.9. The van der Waals surface area contributed by atoms with Crippen molar-refractivity contribution >= 4 is 32.6 Å². The average molecular weight is 473 g/mol. The summed E-state index contributed by atoms with van der Waals surface area (Å²) in [4.78, 5) is 10.4. The second-order valence-corrected chi connectivity index (χ2v) is 9.47. The monoisotopic (exact) mass is 472 g/mol. The topological polar surface area (TPSA) is 25.8 Å². The molecule has 1 aromatic heterocycles. The van der Waals surface area contributed by atoms with Crippen LogP contribution in [0.5, 0.6) is 0 Å². The molecule has 1 heterocycles. The molecule has 0 atom stereocenters. The van der Waals surface area contributed by atoms with Crippen LogP contribution >= 0.6 is 0 Å². The number of hydrogen-bond acceptors (Lipinski definition) is 2. The Balaban J connectivity index is 1.41. The Morgan fingerprint density at radius 2 is 0.811 bits per heavy atom. The Morgan fingerprint density at radius 1 is 0.378 bits per heavy atom. The molecule has 2 heteroatoms. The van der Waals surface area contributed by atoms with E-state index in [0.29, 0.717) is 0 Å². The molecular weight excluding hydrogens is 448 g/mol. The number of hydrogen-bond donors (Lipinski definition) is 0. The molecule has 174 valence electrons. The molecule has 0 saturated heterocycles. The number of fused-ring (bicyclic) bond motifs is 6. The van der Waals surface area contributed by atoms with Gasteiger partial charge >= 0.3 is 0 Å². The van der Waals surface area contributed by atoms with Crippen molar-refractivity contribution < 1.29 is 0 Å². The van der Waals surface area contributed by atoms with Crippen molar-refractivity contribution in [2.75, 3.05) is 0 Å². The van der Waals surface area contributed by atoms with Crippen LogP contribution in [0.2, 0.25) is 0 Å². The van der Waals surface area contributed by atoms with Gasteiger partial charge in [0.2, 0.25) is 0 Å². The Morgan fingerprint density at radius 3 is 1.43 bits per heavy atom. The lowest BCUT2D eigenvalue weighted by molar-refractivity contribution is 1.20. The number of nitrogens with zero attached hydrogens (tertiary/aromatic N) is 2. The number of rotatable bonds is 3. The van der Waals surface area contributed by atoms with E-state index < -0.39 is 0 Å². The van der Waals surface area contributed by atoms with Crippen LogP contribution in [0.4, 0.5) is 0 Å². The number of aryl methyl sites for hydroxylation is 1. The summed E-state index contributed by atoms with van der Waals surface area (Å²) in [6.07, 6.45) is 0. The van der Waals surface area contributed by atoms with E-state index in [2.05, 4.69) is 134 Å². The van der Waals surface area contributed by atoms with Crippen molar-refractivity contribution in [1.82, 2.24) is 9.97 Å². The smallest absolute Gasteiger partial charge is 0.0979 e. The van der Waals surface area contributed by atoms with Crippen molar-refractivity contribution in [2.24, 2.45) is 0 Å². The average Bonchev–Trinajstić information content (AvgIpc) is 2.98. The first-order valence-corrected chi connectivity index (χ1v) is 12.6. The summed E-state index contributed by atoms with van der Waals surface area (Å²) in [5.74, 6) is 0. The molecular formula is C35H24N2. The fourth-order valence-electron chi connectivity index (χ4n) is 5.37. The summed E-state index contributed by atoms with van der Waals surface area (Å²) < 4.78 is 0. The first-order chi connectivity index (χ1) is 18.3. The van der Waals surface area contributed by atoms with Gasteiger partial charge in [0.05, 0.1) is 22.4 Å². The highest BCUT2D eigenvalue weighted by molar-refractivity contribution is 6.23. The summed E-state index contributed by atoms with van der Waals surface area (Å²) in [5, 5.41) is 4.70. The lowest BCUT2D eigenvalue weighted by atomic mass is 9.96. The summed E-state index contributed by atoms with van der Waals surface area (Å²) in [6.45, 7) is 2.06. The molecule has 0 aliphatic heterocycles. The number of benzene rings is 6. The van der Waals surface area contributed by atoms with E-state index in [-0.39, 0.29) is 0 Å². The first kappa shape index (κ1) is 21.5. The molecule has 0 radical (unpaired) electrons. The van der Waals surface area contributed by atoms with Crippen molar-refractivity contribution in [2.45, 2.75) is 6.92 Å². The van der Waals surface area contributed by atoms with E-state index in [4.69, 9.17) is 9.97 Å². The Kier molecular flexibility index (Phi) is 5.04. The van der Waals surface area contributed by atoms with Crippen molar-refractivity contribution in [3.8, 4) is 33.5 Å². The number of aromatic nitrogens is 2. The molecule has 37 heavy (non-hydrogen) atoms. The second kappa shape index (κ2) is 8.69. The van der Waals surface area contributed by atoms with Crippen LogP contribution in [0.25, 0.3) is 66.1 Å². The minimum atomic E-state index is 0.925. The van der Waals surface area contributed by atoms with Crippen LogP contribution in [0.1, 0.15) is 5.69 Å². The highest BCUT2D eigenvalue weighted by Crippen LogP contribution is 2.36. The van der Waals surface area contributed by atoms with Gasteiger partial charge in [0.1, 0.15) is 0 Å². The standard InChI is InChI=1S/C35H24N2/c1-23-33(37-35-32-20-8-6-18-30(32)29-17-5-7-19-31(29)34(35)36-23)28-16-10-15-27(22-28)26-14-9-13-25(21-26)24-11-3-2-4-12-24/h2-22H,1H3. The van der Waals surface area contributed by atoms with E-state index in [1.54, 1.807) is 0 Å². The van der Waals surface area contributed by atoms with E-state index in [0.717, 1.165) is 38.8 Å². The van der Waals surface area contributed by atoms with Gasteiger partial charge in [0.25, 0.3) is 0 Å². The Labute approximate surface area is 215 Å². The van der Waals surface area contributed by atoms with Gasteiger partial charge in [-0.1, -0.05) is 115 Å². The Hall–Kier alpha value is -4.82. The highest BCUT2D eigenvalue weighted by atomic mass is 14.8. The molecule has 7 aromatic rings. The Bertz CT molecular complexity index is 1940. The zero-order valence-corrected chi connectivity index (χ0v) is 20.5. The predicted molar refractivity (Wildman–Crippen MR) is 156 cm³/mol. The van der Waals surface area contributed by atoms with Crippen molar-refractivity contribution in [3.63, 3.8) is 0 Å². The lowest BCUT2D eigenvalue weighted by Crippen LogP contribution is -1.97. The van der Waals surface area contributed by atoms with Gasteiger partial charge in [0, 0.05) is 16.3 Å². The van der Waals surface area contributed by atoms with Gasteiger partial charge in [-0.25, -0.2) is 9.97 Å². The third-order valence-electron chi connectivity index (χ3n) is 7.16. The van der Waals surface area contributed by atoms with Gasteiger partial charge in [-0.05, 0) is 52.1 Å². The van der Waals surface area contributed by atoms with Gasteiger partial charge in [-0.2, -0.15) is 0 Å². The second-order valence-electron chi connectivity index (χ2n) is 9.47. The fraction of sp³-hybridized carbons (Fsp3) is 0.0286. The maximum Gasteiger partial charge on any atom is 0.0979 e. The molecule has 0 amide bonds. The molecule has 0 unspecified atom stereocenters. The van der Waals surface area contributed by atoms with Crippen LogP contribution in [0, 0.1) is 6.92 Å². The summed E-state index contributed by atoms with van der Waals surface area (Å²) in [5.41, 5.74) is 9.63. The van der Waals surface area contributed by atoms with E-state index in [1.165, 1.54) is 33.0 Å². The van der Waals surface area contributed by atoms with Crippen LogP contribution in [0.3, 0.4) is 0 Å². The van der Waals surface area contributed by atoms with Gasteiger partial charge in [-0.3, -0.25) is 0 Å². The molecule has 6 aromatic carbocycles. The molecule has 0 N–H and O–H groups in total. The molecule has 0 spiro atoms. The molecule has 2 nitrogen and oxygen atoms in total. The molecule has 0 fully saturated rings. The molecule has 0 saturated carbocycles. The lowest BCUT2D eigenvalue weighted by Gasteiger charge is -2.13. The maximum atomic E-state index is 5.26. The van der Waals surface area contributed by atoms with Gasteiger partial charge in [-0.15, -0.1) is 0 Å². The maximum absolute atomic E-state index is 5.26. The van der Waals surface area contributed by atoms with Gasteiger partial charge in [0.15, 0.2) is 0 Å². The van der Waals surface area contributed by atoms with Gasteiger partial charge < -0.3 is 0 Å². The zero-order chi connectivity index (χ0) is 24.8. The quantitative estimate of drug-likeness (QED) is 0.240. The highest BCUT2D eigenvalue weighted by Gasteiger charge is 2.15. The zero-order valence-electron chi connectivity index (χ0n) is 20.5. The van der Waals surface area contributed by atoms with Crippen molar-refractivity contribution in [1.29, 1.82) is 0 Å². The predicted octanol–water partition coefficient (Wildman–Crippen LogP) is 9.25. The fourth-order valence-corrected chi connectivity index (χ4v) is 5.37. The van der Waals surface area contributed by atoms with E-state index >= 15 is 0 Å². The van der Waals surface area contributed by atoms with Crippen LogP contribution in [0.15, 0.2) is 127 Å². The van der Waals surface area contributed by atoms with Crippen LogP contribution in [-0.4, -0.2) is 9.97 Å². The summed E-state index contributed by atoms with van der Waals surface area (Å²) >= 11 is 0. The molecule has 0 aliphatic rings. The first-order valence-electron chi connectivity index (χ1n) is 12.6. The van der Waals surface area contributed by atoms with Crippen LogP contribution < -0.4 is 0 Å². The van der Waals surface area contributed by atoms with Crippen LogP contribution in [-0.2, 0) is 0 Å². The minimum Gasteiger partial charge on any atom is -0.249 e. The third-order valence-corrected chi connectivity index (χ3v) is 7.16. The normalized spacial score (nSPS) is 11.4. The van der Waals surface area contributed by atoms with E-state index in [9.17, 15) is 0 Å². The van der Waals surface area contributed by atoms with E-state index in [1.807, 2.05) is 0 Å². The van der Waals surface area contributed by atoms with Crippen molar-refractivity contribution in [3.05, 3.63) is 133 Å². The third kappa shape index (κ3) is 3.66. The largest absolute Gasteiger partial charge is 0.249 e. The molecule has 7 rings (SSSR count). The molecule has 0 bridgehead atoms. The SMILES string of the molecule is Cc1nc2c3ccccc3c3ccccc3c2nc1-c1cccc(-c2cccc(-c3ccccc3)c2)c1. The molecule has 0 aliphatic carbocycles. The minimum absolute atomic E-state index is 0.925.